The van der Waals surface area contributed by atoms with E-state index in [9.17, 15) is 0 Å². The lowest BCUT2D eigenvalue weighted by Crippen LogP contribution is -2.02. The number of thiophene rings is 1. The SMILES string of the molecule is c1ccc(-c2cc(-n3c4ccccc4c4cc5ccc6c7ccccc7sc6c5cc43)nc(-c3ccccc3)n2)cc1. The summed E-state index contributed by atoms with van der Waals surface area (Å²) < 4.78 is 4.96. The zero-order chi connectivity index (χ0) is 27.6. The lowest BCUT2D eigenvalue weighted by atomic mass is 10.0. The van der Waals surface area contributed by atoms with Gasteiger partial charge in [0.05, 0.1) is 16.7 Å². The number of para-hydroxylation sites is 1. The fraction of sp³-hybridized carbons (Fsp3) is 0. The number of rotatable bonds is 3. The quantitative estimate of drug-likeness (QED) is 0.218. The number of aromatic nitrogens is 3. The van der Waals surface area contributed by atoms with Crippen LogP contribution in [0.2, 0.25) is 0 Å². The van der Waals surface area contributed by atoms with Gasteiger partial charge in [0.2, 0.25) is 0 Å². The lowest BCUT2D eigenvalue weighted by Gasteiger charge is -2.12. The first-order chi connectivity index (χ1) is 20.8. The van der Waals surface area contributed by atoms with Gasteiger partial charge in [-0.1, -0.05) is 109 Å². The van der Waals surface area contributed by atoms with Crippen LogP contribution in [0.25, 0.3) is 81.2 Å². The Morgan fingerprint density at radius 1 is 0.476 bits per heavy atom. The molecule has 9 rings (SSSR count). The fourth-order valence-corrected chi connectivity index (χ4v) is 7.47. The van der Waals surface area contributed by atoms with Gasteiger partial charge in [-0.15, -0.1) is 11.3 Å². The number of hydrogen-bond donors (Lipinski definition) is 0. The van der Waals surface area contributed by atoms with E-state index < -0.39 is 0 Å². The van der Waals surface area contributed by atoms with E-state index in [2.05, 4.69) is 120 Å². The van der Waals surface area contributed by atoms with E-state index in [1.54, 1.807) is 0 Å². The van der Waals surface area contributed by atoms with Crippen molar-refractivity contribution in [2.45, 2.75) is 0 Å². The summed E-state index contributed by atoms with van der Waals surface area (Å²) in [5.74, 6) is 1.57. The average Bonchev–Trinajstić information content (AvgIpc) is 3.60. The van der Waals surface area contributed by atoms with Crippen LogP contribution in [0.15, 0.2) is 140 Å². The van der Waals surface area contributed by atoms with Crippen LogP contribution in [0.1, 0.15) is 0 Å². The smallest absolute Gasteiger partial charge is 0.162 e. The molecule has 196 valence electrons. The first kappa shape index (κ1) is 23.4. The molecular formula is C38H23N3S. The molecule has 0 fully saturated rings. The highest BCUT2D eigenvalue weighted by molar-refractivity contribution is 7.26. The minimum Gasteiger partial charge on any atom is -0.294 e. The van der Waals surface area contributed by atoms with E-state index in [1.807, 2.05) is 35.6 Å². The predicted molar refractivity (Wildman–Crippen MR) is 178 cm³/mol. The molecule has 3 heterocycles. The molecule has 6 aromatic carbocycles. The summed E-state index contributed by atoms with van der Waals surface area (Å²) in [5.41, 5.74) is 5.24. The van der Waals surface area contributed by atoms with Crippen LogP contribution in [0.3, 0.4) is 0 Å². The highest BCUT2D eigenvalue weighted by atomic mass is 32.1. The topological polar surface area (TPSA) is 30.7 Å². The molecule has 0 saturated heterocycles. The summed E-state index contributed by atoms with van der Waals surface area (Å²) >= 11 is 1.87. The van der Waals surface area contributed by atoms with E-state index in [1.165, 1.54) is 41.7 Å². The van der Waals surface area contributed by atoms with Crippen LogP contribution < -0.4 is 0 Å². The molecule has 0 aliphatic rings. The van der Waals surface area contributed by atoms with Crippen LogP contribution in [0.5, 0.6) is 0 Å². The number of fused-ring (bicyclic) bond motifs is 8. The van der Waals surface area contributed by atoms with Crippen LogP contribution in [0, 0.1) is 0 Å². The molecule has 3 nitrogen and oxygen atoms in total. The Morgan fingerprint density at radius 2 is 1.19 bits per heavy atom. The van der Waals surface area contributed by atoms with E-state index >= 15 is 0 Å². The maximum absolute atomic E-state index is 5.20. The summed E-state index contributed by atoms with van der Waals surface area (Å²) in [6.45, 7) is 0. The molecule has 0 N–H and O–H groups in total. The van der Waals surface area contributed by atoms with Gasteiger partial charge >= 0.3 is 0 Å². The monoisotopic (exact) mass is 553 g/mol. The van der Waals surface area contributed by atoms with E-state index in [0.29, 0.717) is 5.82 Å². The molecule has 0 spiro atoms. The van der Waals surface area contributed by atoms with E-state index in [0.717, 1.165) is 33.7 Å². The highest BCUT2D eigenvalue weighted by Crippen LogP contribution is 2.42. The normalized spacial score (nSPS) is 11.8. The average molecular weight is 554 g/mol. The van der Waals surface area contributed by atoms with Gasteiger partial charge in [0.15, 0.2) is 5.82 Å². The molecule has 3 aromatic heterocycles. The van der Waals surface area contributed by atoms with E-state index in [-0.39, 0.29) is 0 Å². The Labute approximate surface area is 246 Å². The number of nitrogens with zero attached hydrogens (tertiary/aromatic N) is 3. The predicted octanol–water partition coefficient (Wildman–Crippen LogP) is 10.4. The second-order valence-corrected chi connectivity index (χ2v) is 11.7. The summed E-state index contributed by atoms with van der Waals surface area (Å²) in [6, 6.07) is 49.4. The van der Waals surface area contributed by atoms with Crippen LogP contribution >= 0.6 is 11.3 Å². The summed E-state index contributed by atoms with van der Waals surface area (Å²) in [7, 11) is 0. The Hall–Kier alpha value is -5.32. The van der Waals surface area contributed by atoms with Crippen molar-refractivity contribution in [2.75, 3.05) is 0 Å². The Morgan fingerprint density at radius 3 is 2.02 bits per heavy atom. The van der Waals surface area contributed by atoms with Crippen LogP contribution in [-0.4, -0.2) is 14.5 Å². The molecule has 0 aliphatic heterocycles. The molecule has 0 atom stereocenters. The van der Waals surface area contributed by atoms with Gasteiger partial charge in [-0.3, -0.25) is 4.57 Å². The molecule has 0 bridgehead atoms. The molecular weight excluding hydrogens is 531 g/mol. The summed E-state index contributed by atoms with van der Waals surface area (Å²) in [5, 5.41) is 7.58. The van der Waals surface area contributed by atoms with Crippen LogP contribution in [0.4, 0.5) is 0 Å². The standard InChI is InChI=1S/C38H23N3S/c1-3-11-24(12-4-1)32-23-36(40-38(39-32)25-13-5-2-6-14-25)41-33-17-9-7-15-27(33)31-21-26-19-20-29-28-16-8-10-18-35(28)42-37(29)30(26)22-34(31)41/h1-23H. The minimum absolute atomic E-state index is 0.713. The van der Waals surface area contributed by atoms with Crippen molar-refractivity contribution >= 4 is 64.1 Å². The first-order valence-corrected chi connectivity index (χ1v) is 14.9. The van der Waals surface area contributed by atoms with E-state index in [4.69, 9.17) is 9.97 Å². The zero-order valence-corrected chi connectivity index (χ0v) is 23.3. The van der Waals surface area contributed by atoms with Gasteiger partial charge in [0.1, 0.15) is 5.82 Å². The maximum atomic E-state index is 5.20. The van der Waals surface area contributed by atoms with Gasteiger partial charge in [-0.2, -0.15) is 0 Å². The molecule has 0 unspecified atom stereocenters. The van der Waals surface area contributed by atoms with Gasteiger partial charge in [-0.25, -0.2) is 9.97 Å². The van der Waals surface area contributed by atoms with Crippen molar-refractivity contribution in [3.63, 3.8) is 0 Å². The fourth-order valence-electron chi connectivity index (χ4n) is 6.24. The Kier molecular flexibility index (Phi) is 5.07. The van der Waals surface area contributed by atoms with Crippen molar-refractivity contribution in [3.05, 3.63) is 140 Å². The number of hydrogen-bond acceptors (Lipinski definition) is 3. The maximum Gasteiger partial charge on any atom is 0.162 e. The summed E-state index contributed by atoms with van der Waals surface area (Å²) in [6.07, 6.45) is 0. The third kappa shape index (κ3) is 3.52. The largest absolute Gasteiger partial charge is 0.294 e. The highest BCUT2D eigenvalue weighted by Gasteiger charge is 2.18. The van der Waals surface area contributed by atoms with Gasteiger partial charge in [0, 0.05) is 53.5 Å². The molecule has 0 aliphatic carbocycles. The van der Waals surface area contributed by atoms with Gasteiger partial charge < -0.3 is 0 Å². The molecule has 4 heteroatoms. The number of benzene rings is 6. The second kappa shape index (κ2) is 9.10. The zero-order valence-electron chi connectivity index (χ0n) is 22.5. The van der Waals surface area contributed by atoms with Gasteiger partial charge in [-0.05, 0) is 29.7 Å². The molecule has 9 aromatic rings. The van der Waals surface area contributed by atoms with Crippen LogP contribution in [-0.2, 0) is 0 Å². The summed E-state index contributed by atoms with van der Waals surface area (Å²) in [4.78, 5) is 10.2. The van der Waals surface area contributed by atoms with Crippen molar-refractivity contribution in [3.8, 4) is 28.5 Å². The second-order valence-electron chi connectivity index (χ2n) is 10.7. The van der Waals surface area contributed by atoms with Crippen molar-refractivity contribution in [2.24, 2.45) is 0 Å². The van der Waals surface area contributed by atoms with Crippen molar-refractivity contribution in [1.29, 1.82) is 0 Å². The minimum atomic E-state index is 0.713. The molecule has 0 radical (unpaired) electrons. The van der Waals surface area contributed by atoms with Crippen molar-refractivity contribution < 1.29 is 0 Å². The Bertz CT molecular complexity index is 2400. The molecule has 0 saturated carbocycles. The first-order valence-electron chi connectivity index (χ1n) is 14.1. The lowest BCUT2D eigenvalue weighted by molar-refractivity contribution is 1.05. The molecule has 0 amide bonds. The van der Waals surface area contributed by atoms with Crippen molar-refractivity contribution in [1.82, 2.24) is 14.5 Å². The van der Waals surface area contributed by atoms with Gasteiger partial charge in [0.25, 0.3) is 0 Å². The third-order valence-electron chi connectivity index (χ3n) is 8.20. The third-order valence-corrected chi connectivity index (χ3v) is 9.42. The Balaban J connectivity index is 1.40. The molecule has 42 heavy (non-hydrogen) atoms.